The fourth-order valence-corrected chi connectivity index (χ4v) is 2.52. The Morgan fingerprint density at radius 3 is 2.39 bits per heavy atom. The Morgan fingerprint density at radius 2 is 1.74 bits per heavy atom. The van der Waals surface area contributed by atoms with Gasteiger partial charge in [0.2, 0.25) is 0 Å². The number of nitrogens with one attached hydrogen (secondary N) is 1. The summed E-state index contributed by atoms with van der Waals surface area (Å²) in [7, 11) is 3.25. The summed E-state index contributed by atoms with van der Waals surface area (Å²) in [5.74, 6) is 1.42. The van der Waals surface area contributed by atoms with E-state index in [4.69, 9.17) is 9.47 Å². The fourth-order valence-electron chi connectivity index (χ4n) is 2.52. The molecule has 0 heterocycles. The van der Waals surface area contributed by atoms with Crippen LogP contribution in [0.5, 0.6) is 11.5 Å². The first-order chi connectivity index (χ1) is 11.0. The van der Waals surface area contributed by atoms with Crippen LogP contribution < -0.4 is 14.8 Å². The molecule has 0 aliphatic heterocycles. The first kappa shape index (κ1) is 17.3. The number of rotatable bonds is 7. The molecule has 23 heavy (non-hydrogen) atoms. The molecule has 4 heteroatoms. The van der Waals surface area contributed by atoms with Crippen LogP contribution in [-0.4, -0.2) is 25.9 Å². The van der Waals surface area contributed by atoms with Crippen LogP contribution in [0.15, 0.2) is 42.5 Å². The molecule has 0 amide bonds. The molecule has 0 bridgehead atoms. The zero-order valence-electron chi connectivity index (χ0n) is 14.2. The second-order valence-electron chi connectivity index (χ2n) is 5.67. The van der Waals surface area contributed by atoms with Crippen LogP contribution in [-0.2, 0) is 0 Å². The third-order valence-electron chi connectivity index (χ3n) is 3.95. The minimum Gasteiger partial charge on any atom is -0.493 e. The number of methoxy groups -OCH3 is 2. The minimum absolute atomic E-state index is 0.0919. The van der Waals surface area contributed by atoms with E-state index in [-0.39, 0.29) is 6.04 Å². The Bertz CT molecular complexity index is 642. The number of benzene rings is 2. The van der Waals surface area contributed by atoms with E-state index in [1.54, 1.807) is 14.2 Å². The van der Waals surface area contributed by atoms with Crippen molar-refractivity contribution in [1.29, 1.82) is 0 Å². The molecule has 2 atom stereocenters. The molecule has 2 rings (SSSR count). The molecular formula is C19H25NO3. The van der Waals surface area contributed by atoms with Gasteiger partial charge in [-0.05, 0) is 37.1 Å². The van der Waals surface area contributed by atoms with E-state index >= 15 is 0 Å². The van der Waals surface area contributed by atoms with Gasteiger partial charge < -0.3 is 19.9 Å². The highest BCUT2D eigenvalue weighted by atomic mass is 16.5. The van der Waals surface area contributed by atoms with Crippen molar-refractivity contribution >= 4 is 0 Å². The molecule has 0 saturated heterocycles. The van der Waals surface area contributed by atoms with Crippen LogP contribution in [0.2, 0.25) is 0 Å². The zero-order chi connectivity index (χ0) is 16.8. The van der Waals surface area contributed by atoms with Crippen molar-refractivity contribution < 1.29 is 14.6 Å². The third kappa shape index (κ3) is 4.47. The predicted molar refractivity (Wildman–Crippen MR) is 92.1 cm³/mol. The summed E-state index contributed by atoms with van der Waals surface area (Å²) in [5.41, 5.74) is 3.16. The fraction of sp³-hybridized carbons (Fsp3) is 0.368. The zero-order valence-corrected chi connectivity index (χ0v) is 14.2. The predicted octanol–water partition coefficient (Wildman–Crippen LogP) is 3.40. The maximum atomic E-state index is 10.3. The van der Waals surface area contributed by atoms with E-state index in [2.05, 4.69) is 12.2 Å². The summed E-state index contributed by atoms with van der Waals surface area (Å²) in [4.78, 5) is 0. The van der Waals surface area contributed by atoms with Gasteiger partial charge in [-0.15, -0.1) is 0 Å². The van der Waals surface area contributed by atoms with Gasteiger partial charge in [-0.2, -0.15) is 0 Å². The lowest BCUT2D eigenvalue weighted by Gasteiger charge is -2.19. The molecule has 2 aromatic carbocycles. The van der Waals surface area contributed by atoms with Crippen LogP contribution >= 0.6 is 0 Å². The number of hydrogen-bond donors (Lipinski definition) is 2. The quantitative estimate of drug-likeness (QED) is 0.822. The maximum Gasteiger partial charge on any atom is 0.161 e. The van der Waals surface area contributed by atoms with Crippen molar-refractivity contribution in [2.24, 2.45) is 0 Å². The van der Waals surface area contributed by atoms with Crippen LogP contribution in [0.25, 0.3) is 0 Å². The number of aliphatic hydroxyl groups is 1. The molecule has 4 nitrogen and oxygen atoms in total. The molecule has 2 unspecified atom stereocenters. The summed E-state index contributed by atoms with van der Waals surface area (Å²) in [6.45, 7) is 4.57. The van der Waals surface area contributed by atoms with E-state index in [0.717, 1.165) is 16.7 Å². The monoisotopic (exact) mass is 315 g/mol. The minimum atomic E-state index is -0.530. The molecular weight excluding hydrogens is 290 g/mol. The molecule has 0 radical (unpaired) electrons. The van der Waals surface area contributed by atoms with Crippen molar-refractivity contribution in [3.63, 3.8) is 0 Å². The number of aryl methyl sites for hydroxylation is 1. The van der Waals surface area contributed by atoms with Gasteiger partial charge in [0.1, 0.15) is 0 Å². The van der Waals surface area contributed by atoms with Gasteiger partial charge in [-0.3, -0.25) is 0 Å². The molecule has 0 saturated carbocycles. The second-order valence-corrected chi connectivity index (χ2v) is 5.67. The van der Waals surface area contributed by atoms with Gasteiger partial charge in [-0.25, -0.2) is 0 Å². The summed E-state index contributed by atoms with van der Waals surface area (Å²) in [6, 6.07) is 13.9. The average Bonchev–Trinajstić information content (AvgIpc) is 2.58. The van der Waals surface area contributed by atoms with Crippen molar-refractivity contribution in [2.75, 3.05) is 20.8 Å². The number of ether oxygens (including phenoxy) is 2. The summed E-state index contributed by atoms with van der Waals surface area (Å²) < 4.78 is 10.6. The second kappa shape index (κ2) is 7.99. The van der Waals surface area contributed by atoms with Crippen molar-refractivity contribution in [3.8, 4) is 11.5 Å². The first-order valence-electron chi connectivity index (χ1n) is 7.75. The summed E-state index contributed by atoms with van der Waals surface area (Å²) >= 11 is 0. The van der Waals surface area contributed by atoms with Crippen LogP contribution in [0.4, 0.5) is 0 Å². The van der Waals surface area contributed by atoms with Gasteiger partial charge in [0.05, 0.1) is 20.3 Å². The molecule has 0 spiro atoms. The number of aliphatic hydroxyl groups excluding tert-OH is 1. The van der Waals surface area contributed by atoms with E-state index in [9.17, 15) is 5.11 Å². The average molecular weight is 315 g/mol. The lowest BCUT2D eigenvalue weighted by Crippen LogP contribution is -2.24. The highest BCUT2D eigenvalue weighted by molar-refractivity contribution is 5.43. The van der Waals surface area contributed by atoms with E-state index < -0.39 is 6.10 Å². The Balaban J connectivity index is 2.00. The highest BCUT2D eigenvalue weighted by Gasteiger charge is 2.13. The Morgan fingerprint density at radius 1 is 1.00 bits per heavy atom. The lowest BCUT2D eigenvalue weighted by molar-refractivity contribution is 0.170. The Hall–Kier alpha value is -2.04. The topological polar surface area (TPSA) is 50.7 Å². The van der Waals surface area contributed by atoms with E-state index in [1.165, 1.54) is 0 Å². The van der Waals surface area contributed by atoms with Gasteiger partial charge in [0, 0.05) is 12.6 Å². The SMILES string of the molecule is COc1ccc(C(C)NCC(O)c2cccc(C)c2)cc1OC. The van der Waals surface area contributed by atoms with Gasteiger partial charge >= 0.3 is 0 Å². The first-order valence-corrected chi connectivity index (χ1v) is 7.75. The van der Waals surface area contributed by atoms with Crippen molar-refractivity contribution in [2.45, 2.75) is 26.0 Å². The van der Waals surface area contributed by atoms with Gasteiger partial charge in [-0.1, -0.05) is 35.9 Å². The van der Waals surface area contributed by atoms with E-state index in [1.807, 2.05) is 49.4 Å². The molecule has 124 valence electrons. The van der Waals surface area contributed by atoms with Gasteiger partial charge in [0.25, 0.3) is 0 Å². The van der Waals surface area contributed by atoms with Gasteiger partial charge in [0.15, 0.2) is 11.5 Å². The largest absolute Gasteiger partial charge is 0.493 e. The summed E-state index contributed by atoms with van der Waals surface area (Å²) in [6.07, 6.45) is -0.530. The van der Waals surface area contributed by atoms with Crippen LogP contribution in [0, 0.1) is 6.92 Å². The smallest absolute Gasteiger partial charge is 0.161 e. The molecule has 0 fully saturated rings. The molecule has 0 aliphatic rings. The lowest BCUT2D eigenvalue weighted by atomic mass is 10.0. The molecule has 2 aromatic rings. The van der Waals surface area contributed by atoms with Crippen LogP contribution in [0.3, 0.4) is 0 Å². The molecule has 0 aromatic heterocycles. The highest BCUT2D eigenvalue weighted by Crippen LogP contribution is 2.30. The Labute approximate surface area is 138 Å². The molecule has 0 aliphatic carbocycles. The van der Waals surface area contributed by atoms with Crippen molar-refractivity contribution in [3.05, 3.63) is 59.2 Å². The maximum absolute atomic E-state index is 10.3. The number of hydrogen-bond acceptors (Lipinski definition) is 4. The summed E-state index contributed by atoms with van der Waals surface area (Å²) in [5, 5.41) is 13.7. The van der Waals surface area contributed by atoms with E-state index in [0.29, 0.717) is 18.0 Å². The van der Waals surface area contributed by atoms with Crippen LogP contribution in [0.1, 0.15) is 35.8 Å². The normalized spacial score (nSPS) is 13.4. The molecule has 2 N–H and O–H groups in total. The third-order valence-corrected chi connectivity index (χ3v) is 3.95. The van der Waals surface area contributed by atoms with Crippen molar-refractivity contribution in [1.82, 2.24) is 5.32 Å². The Kier molecular flexibility index (Phi) is 6.02. The standard InChI is InChI=1S/C19H25NO3/c1-13-6-5-7-16(10-13)17(21)12-20-14(2)15-8-9-18(22-3)19(11-15)23-4/h5-11,14,17,20-21H,12H2,1-4H3.